The Balaban J connectivity index is 0.718. The highest BCUT2D eigenvalue weighted by Crippen LogP contribution is 2.50. The molecule has 0 saturated carbocycles. The van der Waals surface area contributed by atoms with Crippen molar-refractivity contribution in [3.05, 3.63) is 172 Å². The van der Waals surface area contributed by atoms with Crippen molar-refractivity contribution < 1.29 is 107 Å². The molecular formula is C81H97ClFN14O20S+. The summed E-state index contributed by atoms with van der Waals surface area (Å²) in [7, 11) is 3.72. The van der Waals surface area contributed by atoms with Gasteiger partial charge in [0.1, 0.15) is 115 Å². The number of nitrogens with zero attached hydrogens (tertiary/aromatic N) is 9. The van der Waals surface area contributed by atoms with Crippen LogP contribution in [-0.4, -0.2) is 256 Å². The first-order valence-corrected chi connectivity index (χ1v) is 39.6. The van der Waals surface area contributed by atoms with Gasteiger partial charge in [0.2, 0.25) is 23.8 Å². The van der Waals surface area contributed by atoms with Crippen molar-refractivity contribution >= 4 is 62.7 Å². The number of nitrogens with two attached hydrogens (primary N) is 2. The summed E-state index contributed by atoms with van der Waals surface area (Å²) in [5.41, 5.74) is 18.0. The summed E-state index contributed by atoms with van der Waals surface area (Å²) in [5, 5.41) is 102. The highest BCUT2D eigenvalue weighted by molar-refractivity contribution is 7.22. The second kappa shape index (κ2) is 39.6. The van der Waals surface area contributed by atoms with Gasteiger partial charge in [-0.3, -0.25) is 14.5 Å². The predicted molar refractivity (Wildman–Crippen MR) is 427 cm³/mol. The number of thiophene rings is 1. The zero-order valence-electron chi connectivity index (χ0n) is 65.3. The van der Waals surface area contributed by atoms with Crippen LogP contribution in [0.25, 0.3) is 43.2 Å². The Morgan fingerprint density at radius 3 is 2.26 bits per heavy atom. The summed E-state index contributed by atoms with van der Waals surface area (Å²) in [6.07, 6.45) is -13.3. The minimum atomic E-state index is -1.86. The third kappa shape index (κ3) is 20.9. The monoisotopic (exact) mass is 1670 g/mol. The van der Waals surface area contributed by atoms with Gasteiger partial charge in [0.05, 0.1) is 87.6 Å². The number of quaternary nitrogens is 1. The summed E-state index contributed by atoms with van der Waals surface area (Å²) in [6.45, 7) is 7.94. The number of carbonyl (C=O) groups is 4. The third-order valence-electron chi connectivity index (χ3n) is 21.1. The number of ether oxygens (including phenoxy) is 8. The van der Waals surface area contributed by atoms with Crippen LogP contribution in [0.3, 0.4) is 0 Å². The highest BCUT2D eigenvalue weighted by Gasteiger charge is 2.51. The van der Waals surface area contributed by atoms with Gasteiger partial charge in [-0.2, -0.15) is 0 Å². The molecule has 630 valence electrons. The summed E-state index contributed by atoms with van der Waals surface area (Å²) >= 11 is 8.61. The topological polar surface area (TPSA) is 478 Å². The van der Waals surface area contributed by atoms with Crippen molar-refractivity contribution in [1.82, 2.24) is 50.5 Å². The van der Waals surface area contributed by atoms with Crippen molar-refractivity contribution in [2.24, 2.45) is 17.4 Å². The van der Waals surface area contributed by atoms with Crippen LogP contribution in [0.5, 0.6) is 23.1 Å². The van der Waals surface area contributed by atoms with Gasteiger partial charge in [-0.15, -0.1) is 16.4 Å². The van der Waals surface area contributed by atoms with E-state index in [2.05, 4.69) is 53.2 Å². The van der Waals surface area contributed by atoms with Crippen LogP contribution in [0.2, 0.25) is 5.02 Å². The Morgan fingerprint density at radius 1 is 0.788 bits per heavy atom. The number of carboxylic acids is 1. The summed E-state index contributed by atoms with van der Waals surface area (Å²) in [4.78, 5) is 74.1. The number of benzene rings is 5. The number of aliphatic hydroxyl groups excluding tert-OH is 7. The Kier molecular flexibility index (Phi) is 29.3. The van der Waals surface area contributed by atoms with E-state index in [1.54, 1.807) is 87.8 Å². The Labute approximate surface area is 686 Å². The van der Waals surface area contributed by atoms with Gasteiger partial charge in [0.25, 0.3) is 0 Å². The van der Waals surface area contributed by atoms with Gasteiger partial charge in [-0.1, -0.05) is 85.3 Å². The molecule has 118 heavy (non-hydrogen) atoms. The van der Waals surface area contributed by atoms with Crippen molar-refractivity contribution in [2.75, 3.05) is 78.6 Å². The van der Waals surface area contributed by atoms with Gasteiger partial charge in [-0.05, 0) is 108 Å². The first-order valence-electron chi connectivity index (χ1n) is 38.4. The van der Waals surface area contributed by atoms with E-state index in [4.69, 9.17) is 65.9 Å². The second-order valence-corrected chi connectivity index (χ2v) is 31.1. The average molecular weight is 1670 g/mol. The van der Waals surface area contributed by atoms with E-state index in [0.717, 1.165) is 10.2 Å². The summed E-state index contributed by atoms with van der Waals surface area (Å²) < 4.78 is 64.6. The van der Waals surface area contributed by atoms with Crippen LogP contribution in [0.15, 0.2) is 128 Å². The number of methoxy groups -OCH3 is 1. The van der Waals surface area contributed by atoms with Crippen molar-refractivity contribution in [1.29, 1.82) is 0 Å². The van der Waals surface area contributed by atoms with Crippen LogP contribution >= 0.6 is 22.9 Å². The van der Waals surface area contributed by atoms with E-state index in [1.807, 2.05) is 43.3 Å². The van der Waals surface area contributed by atoms with Gasteiger partial charge < -0.3 is 111 Å². The Morgan fingerprint density at radius 2 is 1.53 bits per heavy atom. The molecule has 0 unspecified atom stereocenters. The lowest BCUT2D eigenvalue weighted by Crippen LogP contribution is -2.63. The number of primary amides is 1. The van der Waals surface area contributed by atoms with Crippen molar-refractivity contribution in [3.8, 4) is 56.1 Å². The average Bonchev–Trinajstić information content (AvgIpc) is 1.59. The molecule has 12 rings (SSSR count). The number of carboxylic acid groups (broad SMARTS) is 1. The number of anilines is 1. The largest absolute Gasteiger partial charge is 0.496 e. The molecule has 0 bridgehead atoms. The number of piperazine rings is 1. The number of para-hydroxylation sites is 2. The zero-order chi connectivity index (χ0) is 84.1. The Bertz CT molecular complexity index is 4950. The molecule has 4 amide bonds. The van der Waals surface area contributed by atoms with E-state index in [1.165, 1.54) is 36.0 Å². The smallest absolute Gasteiger partial charge is 0.345 e. The maximum absolute atomic E-state index is 14.6. The lowest BCUT2D eigenvalue weighted by Gasteiger charge is -2.45. The number of aromatic nitrogens is 7. The molecule has 37 heteroatoms. The van der Waals surface area contributed by atoms with Crippen LogP contribution in [-0.2, 0) is 66.1 Å². The van der Waals surface area contributed by atoms with Gasteiger partial charge >= 0.3 is 12.0 Å². The lowest BCUT2D eigenvalue weighted by atomic mass is 9.96. The van der Waals surface area contributed by atoms with E-state index in [9.17, 15) is 64.4 Å². The normalized spacial score (nSPS) is 21.5. The van der Waals surface area contributed by atoms with E-state index >= 15 is 0 Å². The molecule has 15 N–H and O–H groups in total. The first kappa shape index (κ1) is 87.2. The van der Waals surface area contributed by atoms with Crippen molar-refractivity contribution in [2.45, 2.75) is 146 Å². The number of likely N-dealkylation sites (N-methyl/N-ethyl adjacent to an activating group) is 1. The molecule has 3 saturated heterocycles. The first-order chi connectivity index (χ1) is 56.7. The molecule has 13 atom stereocenters. The molecule has 34 nitrogen and oxygen atoms in total. The summed E-state index contributed by atoms with van der Waals surface area (Å²) in [6, 6.07) is 28.5. The van der Waals surface area contributed by atoms with Crippen LogP contribution in [0.4, 0.5) is 14.9 Å². The molecule has 4 aromatic heterocycles. The molecule has 9 aromatic rings. The number of hydrogen-bond donors (Lipinski definition) is 13. The maximum Gasteiger partial charge on any atom is 0.345 e. The molecule has 5 aromatic carbocycles. The van der Waals surface area contributed by atoms with E-state index in [-0.39, 0.29) is 69.7 Å². The zero-order valence-corrected chi connectivity index (χ0v) is 66.9. The molecule has 0 radical (unpaired) electrons. The number of carbonyl (C=O) groups excluding carboxylic acids is 3. The number of hydrogen-bond acceptors (Lipinski definition) is 28. The fourth-order valence-corrected chi connectivity index (χ4v) is 15.6. The maximum atomic E-state index is 14.6. The quantitative estimate of drug-likeness (QED) is 0.0189. The fourth-order valence-electron chi connectivity index (χ4n) is 14.2. The molecule has 7 heterocycles. The number of amides is 4. The minimum absolute atomic E-state index is 0.00670. The number of urea groups is 1. The number of aliphatic carboxylic acids is 1. The minimum Gasteiger partial charge on any atom is -0.496 e. The molecule has 3 aliphatic heterocycles. The Hall–Kier alpha value is -10.1. The molecular weight excluding hydrogens is 1580 g/mol. The van der Waals surface area contributed by atoms with Crippen LogP contribution < -0.4 is 46.4 Å². The highest BCUT2D eigenvalue weighted by atomic mass is 35.5. The molecule has 3 fully saturated rings. The van der Waals surface area contributed by atoms with Gasteiger partial charge in [0.15, 0.2) is 18.3 Å². The standard InChI is InChI=1S/C81H96ClFN14O20S/c1-43(2)65(84)75(106)92-55(13-10-25-87-81(85)109)74(105)91-50-21-18-47(48(33-50)39-111-40-52-35-96(94-93-52)78-69(103)68(102)71(61(38-99)115-78)117-80-70(104)67(101)66(100)60(37-98)116-80)36-97(4)30-27-95(28-31-97)29-32-112-58-23-22-53(44(3)64(58)82)62-63-76(88-42-89-77(63)118-72(62)45-16-19-49(83)20-17-45)114-59(79(107)108)34-46-11-6-8-14-56(46)113-41-51-24-26-86-73(90-51)54-12-7-9-15-57(54)110-5/h6-9,11-12,14-24,26,33,35,42-43,55,59-61,65-71,78,80,98-104H,10,13,25,27-32,34,36-41,84H2,1-5H3,(H5-,85,87,91,92,105,106,107,108,109)/p+1/t55-,59+,60+,61+,65-,66-,67-,68+,69+,70+,71+,78+,80-/m0/s1. The number of fused-ring (bicyclic) bond motifs is 1. The third-order valence-corrected chi connectivity index (χ3v) is 22.7. The second-order valence-electron chi connectivity index (χ2n) is 29.7. The number of nitrogens with one attached hydrogen (secondary N) is 3. The fraction of sp³-hybridized carbons (Fsp3) is 0.432. The number of halogens is 2. The molecule has 3 aliphatic rings. The summed E-state index contributed by atoms with van der Waals surface area (Å²) in [5.74, 6) is -1.16. The SMILES string of the molecule is COc1ccccc1-c1nccc(COc2ccccc2C[C@@H](Oc2ncnc3sc(-c4ccc(F)cc4)c(-c4ccc(OCCN5CC[N+](C)(Cc6ccc(NC(=O)[C@H](CCCNC(N)=O)NC(=O)[C@@H](N)C(C)C)cc6COCc6cn([C@@H]7O[C@H](CO)[C@@H](O[C@@H]8O[C@H](CO)[C@H](O)[C@H](O)[C@H]8O)[C@H](O)[C@H]7O)nn6)CC5)c(Cl)c4C)c23)C(=O)O)n1. The van der Waals surface area contributed by atoms with Crippen molar-refractivity contribution in [3.63, 3.8) is 0 Å². The predicted octanol–water partition coefficient (Wildman–Crippen LogP) is 4.55. The van der Waals surface area contributed by atoms with Gasteiger partial charge in [0, 0.05) is 60.5 Å². The van der Waals surface area contributed by atoms with Crippen LogP contribution in [0.1, 0.15) is 66.6 Å². The van der Waals surface area contributed by atoms with E-state index < -0.39 is 122 Å². The number of rotatable bonds is 36. The lowest BCUT2D eigenvalue weighted by molar-refractivity contribution is -0.926. The van der Waals surface area contributed by atoms with E-state index in [0.29, 0.717) is 137 Å². The molecule has 0 aliphatic carbocycles. The number of aliphatic hydroxyl groups is 7. The molecule has 0 spiro atoms. The van der Waals surface area contributed by atoms with Gasteiger partial charge in [-0.25, -0.2) is 38.6 Å². The van der Waals surface area contributed by atoms with Crippen LogP contribution in [0, 0.1) is 18.7 Å².